The van der Waals surface area contributed by atoms with Crippen LogP contribution in [0.2, 0.25) is 0 Å². The second-order valence-corrected chi connectivity index (χ2v) is 4.43. The summed E-state index contributed by atoms with van der Waals surface area (Å²) in [6, 6.07) is 3.39. The van der Waals surface area contributed by atoms with Crippen LogP contribution in [-0.2, 0) is 4.79 Å². The predicted molar refractivity (Wildman–Crippen MR) is 74.1 cm³/mol. The highest BCUT2D eigenvalue weighted by atomic mass is 19.2. The zero-order valence-corrected chi connectivity index (χ0v) is 11.8. The lowest BCUT2D eigenvalue weighted by Crippen LogP contribution is -2.32. The van der Waals surface area contributed by atoms with Crippen molar-refractivity contribution >= 4 is 17.6 Å². The first-order valence-electron chi connectivity index (χ1n) is 6.32. The zero-order chi connectivity index (χ0) is 17.9. The van der Waals surface area contributed by atoms with Crippen LogP contribution < -0.4 is 15.7 Å². The number of hydrogen-bond acceptors (Lipinski definition) is 4. The van der Waals surface area contributed by atoms with Crippen molar-refractivity contribution in [1.82, 2.24) is 4.73 Å². The highest BCUT2D eigenvalue weighted by molar-refractivity contribution is 5.91. The molecule has 0 unspecified atom stereocenters. The normalized spacial score (nSPS) is 10.3. The number of benzene rings is 1. The molecule has 0 fully saturated rings. The summed E-state index contributed by atoms with van der Waals surface area (Å²) in [4.78, 5) is 38.7. The van der Waals surface area contributed by atoms with E-state index in [0.717, 1.165) is 24.4 Å². The van der Waals surface area contributed by atoms with Crippen LogP contribution in [-0.4, -0.2) is 28.3 Å². The van der Waals surface area contributed by atoms with E-state index in [1.165, 1.54) is 0 Å². The number of carboxylic acids is 1. The fourth-order valence-corrected chi connectivity index (χ4v) is 1.63. The molecule has 7 nitrogen and oxygen atoms in total. The molecule has 24 heavy (non-hydrogen) atoms. The Morgan fingerprint density at radius 2 is 1.83 bits per heavy atom. The number of aromatic nitrogens is 1. The third kappa shape index (κ3) is 3.72. The molecule has 2 aromatic rings. The number of carbonyl (C=O) groups is 2. The summed E-state index contributed by atoms with van der Waals surface area (Å²) < 4.78 is 39.7. The molecule has 0 saturated carbocycles. The van der Waals surface area contributed by atoms with Gasteiger partial charge in [-0.15, -0.1) is 0 Å². The maximum Gasteiger partial charge on any atom is 0.337 e. The molecule has 0 bridgehead atoms. The molecule has 0 saturated heterocycles. The number of carboxylic acid groups (broad SMARTS) is 1. The van der Waals surface area contributed by atoms with Crippen LogP contribution in [0.15, 0.2) is 35.3 Å². The van der Waals surface area contributed by atoms with Gasteiger partial charge in [0.1, 0.15) is 0 Å². The average molecular weight is 342 g/mol. The molecule has 1 aromatic carbocycles. The Bertz CT molecular complexity index is 866. The number of carbonyl (C=O) groups excluding carboxylic acids is 1. The highest BCUT2D eigenvalue weighted by Crippen LogP contribution is 2.19. The van der Waals surface area contributed by atoms with Gasteiger partial charge < -0.3 is 15.3 Å². The summed E-state index contributed by atoms with van der Waals surface area (Å²) >= 11 is 0. The fourth-order valence-electron chi connectivity index (χ4n) is 1.63. The highest BCUT2D eigenvalue weighted by Gasteiger charge is 2.15. The van der Waals surface area contributed by atoms with E-state index in [0.29, 0.717) is 10.8 Å². The van der Waals surface area contributed by atoms with Gasteiger partial charge in [-0.25, -0.2) is 18.0 Å². The van der Waals surface area contributed by atoms with Crippen molar-refractivity contribution in [3.63, 3.8) is 0 Å². The average Bonchev–Trinajstić information content (AvgIpc) is 2.54. The van der Waals surface area contributed by atoms with Gasteiger partial charge in [-0.1, -0.05) is 0 Å². The third-order valence-corrected chi connectivity index (χ3v) is 2.77. The van der Waals surface area contributed by atoms with E-state index in [-0.39, 0.29) is 5.56 Å². The van der Waals surface area contributed by atoms with Gasteiger partial charge >= 0.3 is 5.97 Å². The van der Waals surface area contributed by atoms with Gasteiger partial charge in [0.25, 0.3) is 11.5 Å². The molecule has 0 aliphatic carbocycles. The van der Waals surface area contributed by atoms with E-state index < -0.39 is 47.2 Å². The summed E-state index contributed by atoms with van der Waals surface area (Å²) in [6.07, 6.45) is 0.843. The lowest BCUT2D eigenvalue weighted by Gasteiger charge is -2.10. The molecule has 0 aliphatic rings. The first kappa shape index (κ1) is 17.1. The van der Waals surface area contributed by atoms with Gasteiger partial charge in [-0.3, -0.25) is 9.59 Å². The number of nitrogens with one attached hydrogen (secondary N) is 1. The lowest BCUT2D eigenvalue weighted by molar-refractivity contribution is -0.121. The van der Waals surface area contributed by atoms with Crippen molar-refractivity contribution in [3.05, 3.63) is 63.8 Å². The molecule has 0 radical (unpaired) electrons. The Morgan fingerprint density at radius 1 is 1.12 bits per heavy atom. The molecule has 0 spiro atoms. The second-order valence-electron chi connectivity index (χ2n) is 4.43. The number of anilines is 1. The first-order valence-corrected chi connectivity index (χ1v) is 6.32. The molecular formula is C14H9F3N2O5. The van der Waals surface area contributed by atoms with Crippen LogP contribution in [0.25, 0.3) is 0 Å². The largest absolute Gasteiger partial charge is 0.478 e. The molecule has 10 heteroatoms. The Kier molecular flexibility index (Phi) is 4.87. The number of halogens is 3. The summed E-state index contributed by atoms with van der Waals surface area (Å²) in [7, 11) is 0. The molecule has 0 aliphatic heterocycles. The molecule has 126 valence electrons. The van der Waals surface area contributed by atoms with Gasteiger partial charge in [0, 0.05) is 6.07 Å². The number of aromatic carboxylic acids is 1. The first-order chi connectivity index (χ1) is 11.3. The lowest BCUT2D eigenvalue weighted by atomic mass is 10.3. The summed E-state index contributed by atoms with van der Waals surface area (Å²) in [5.74, 6) is -7.06. The quantitative estimate of drug-likeness (QED) is 0.791. The van der Waals surface area contributed by atoms with Crippen molar-refractivity contribution in [1.29, 1.82) is 0 Å². The maximum atomic E-state index is 13.4. The van der Waals surface area contributed by atoms with Crippen molar-refractivity contribution in [2.24, 2.45) is 0 Å². The second kappa shape index (κ2) is 6.86. The minimum Gasteiger partial charge on any atom is -0.478 e. The Balaban J connectivity index is 2.07. The summed E-state index contributed by atoms with van der Waals surface area (Å²) in [5, 5.41) is 10.7. The maximum absolute atomic E-state index is 13.4. The van der Waals surface area contributed by atoms with E-state index in [1.807, 2.05) is 5.32 Å². The van der Waals surface area contributed by atoms with Crippen LogP contribution >= 0.6 is 0 Å². The van der Waals surface area contributed by atoms with E-state index in [2.05, 4.69) is 0 Å². The minimum atomic E-state index is -1.75. The molecule has 2 rings (SSSR count). The Labute approximate surface area is 131 Å². The number of rotatable bonds is 5. The smallest absolute Gasteiger partial charge is 0.337 e. The van der Waals surface area contributed by atoms with Crippen LogP contribution in [0.1, 0.15) is 10.4 Å². The van der Waals surface area contributed by atoms with E-state index in [9.17, 15) is 27.6 Å². The van der Waals surface area contributed by atoms with E-state index in [4.69, 9.17) is 9.94 Å². The van der Waals surface area contributed by atoms with E-state index in [1.54, 1.807) is 0 Å². The topological polar surface area (TPSA) is 97.6 Å². The zero-order valence-electron chi connectivity index (χ0n) is 11.8. The number of amides is 1. The monoisotopic (exact) mass is 342 g/mol. The Hall–Kier alpha value is -3.30. The van der Waals surface area contributed by atoms with E-state index >= 15 is 0 Å². The van der Waals surface area contributed by atoms with Crippen LogP contribution in [0.3, 0.4) is 0 Å². The van der Waals surface area contributed by atoms with Gasteiger partial charge in [0.2, 0.25) is 0 Å². The molecule has 1 amide bonds. The van der Waals surface area contributed by atoms with Crippen molar-refractivity contribution < 1.29 is 32.7 Å². The van der Waals surface area contributed by atoms with Crippen LogP contribution in [0, 0.1) is 17.5 Å². The molecule has 0 atom stereocenters. The van der Waals surface area contributed by atoms with Crippen molar-refractivity contribution in [3.8, 4) is 0 Å². The van der Waals surface area contributed by atoms with Gasteiger partial charge in [0.15, 0.2) is 24.1 Å². The SMILES string of the molecule is O=C(COn1cc(C(=O)O)ccc1=O)Nc1ccc(F)c(F)c1F. The van der Waals surface area contributed by atoms with Crippen molar-refractivity contribution in [2.45, 2.75) is 0 Å². The number of hydrogen-bond donors (Lipinski definition) is 2. The molecule has 1 aromatic heterocycles. The van der Waals surface area contributed by atoms with Gasteiger partial charge in [0.05, 0.1) is 17.4 Å². The number of pyridine rings is 1. The van der Waals surface area contributed by atoms with Gasteiger partial charge in [-0.05, 0) is 18.2 Å². The van der Waals surface area contributed by atoms with Crippen LogP contribution in [0.4, 0.5) is 18.9 Å². The predicted octanol–water partition coefficient (Wildman–Crippen LogP) is 1.03. The third-order valence-electron chi connectivity index (χ3n) is 2.77. The molecule has 2 N–H and O–H groups in total. The summed E-state index contributed by atoms with van der Waals surface area (Å²) in [6.45, 7) is -0.804. The standard InChI is InChI=1S/C14H9F3N2O5/c15-8-2-3-9(13(17)12(8)16)18-10(20)6-24-19-5-7(14(22)23)1-4-11(19)21/h1-5H,6H2,(H,18,20)(H,22,23). The summed E-state index contributed by atoms with van der Waals surface area (Å²) in [5.41, 5.74) is -1.62. The Morgan fingerprint density at radius 3 is 2.50 bits per heavy atom. The van der Waals surface area contributed by atoms with Crippen LogP contribution in [0.5, 0.6) is 0 Å². The minimum absolute atomic E-state index is 0.262. The van der Waals surface area contributed by atoms with Crippen molar-refractivity contribution in [2.75, 3.05) is 11.9 Å². The molecular weight excluding hydrogens is 333 g/mol. The fraction of sp³-hybridized carbons (Fsp3) is 0.0714. The molecule has 1 heterocycles. The van der Waals surface area contributed by atoms with Gasteiger partial charge in [-0.2, -0.15) is 4.73 Å². The number of nitrogens with zero attached hydrogens (tertiary/aromatic N) is 1.